The molecule has 6 nitrogen and oxygen atoms in total. The Hall–Kier alpha value is -2.47. The van der Waals surface area contributed by atoms with Gasteiger partial charge in [0.15, 0.2) is 0 Å². The van der Waals surface area contributed by atoms with E-state index in [-0.39, 0.29) is 29.3 Å². The zero-order valence-corrected chi connectivity index (χ0v) is 15.9. The molecule has 6 heteroatoms. The molecule has 1 saturated carbocycles. The molecule has 0 saturated heterocycles. The van der Waals surface area contributed by atoms with Crippen LogP contribution in [0.4, 0.5) is 0 Å². The molecule has 144 valence electrons. The zero-order valence-electron chi connectivity index (χ0n) is 15.9. The minimum atomic E-state index is -1.04. The van der Waals surface area contributed by atoms with Gasteiger partial charge in [-0.15, -0.1) is 0 Å². The van der Waals surface area contributed by atoms with Crippen LogP contribution in [0.25, 0.3) is 0 Å². The number of rotatable bonds is 6. The number of Topliss-reactive ketones (excluding diaryl/α,β-unsaturated/α-hetero) is 1. The largest absolute Gasteiger partial charge is 0.478 e. The molecule has 0 amide bonds. The van der Waals surface area contributed by atoms with Crippen molar-refractivity contribution in [3.8, 4) is 0 Å². The van der Waals surface area contributed by atoms with Crippen LogP contribution in [-0.4, -0.2) is 29.7 Å². The average molecular weight is 370 g/mol. The van der Waals surface area contributed by atoms with E-state index in [2.05, 4.69) is 10.5 Å². The third kappa shape index (κ3) is 3.67. The highest BCUT2D eigenvalue weighted by atomic mass is 16.7. The zero-order chi connectivity index (χ0) is 19.6. The summed E-state index contributed by atoms with van der Waals surface area (Å²) in [6, 6.07) is 9.73. The van der Waals surface area contributed by atoms with Crippen LogP contribution in [0.2, 0.25) is 0 Å². The topological polar surface area (TPSA) is 88.0 Å². The monoisotopic (exact) mass is 370 g/mol. The van der Waals surface area contributed by atoms with E-state index in [0.29, 0.717) is 24.3 Å². The van der Waals surface area contributed by atoms with Crippen LogP contribution >= 0.6 is 0 Å². The fourth-order valence-electron chi connectivity index (χ4n) is 4.36. The Kier molecular flexibility index (Phi) is 5.75. The van der Waals surface area contributed by atoms with Crippen LogP contribution in [-0.2, 0) is 14.4 Å². The number of carboxylic acids is 1. The predicted molar refractivity (Wildman–Crippen MR) is 102 cm³/mol. The number of hydrogen-bond acceptors (Lipinski definition) is 4. The Morgan fingerprint density at radius 1 is 1.37 bits per heavy atom. The van der Waals surface area contributed by atoms with Gasteiger partial charge in [0.05, 0.1) is 11.5 Å². The molecule has 2 bridgehead atoms. The summed E-state index contributed by atoms with van der Waals surface area (Å²) in [5, 5.41) is 9.77. The molecule has 2 aliphatic carbocycles. The number of aliphatic carboxylic acids is 1. The Labute approximate surface area is 159 Å². The van der Waals surface area contributed by atoms with Crippen LogP contribution < -0.4 is 5.48 Å². The van der Waals surface area contributed by atoms with Crippen molar-refractivity contribution < 1.29 is 19.5 Å². The standard InChI is InChI=1S/C21H26N2O4/c1-4-15-14-10-16(19(15)24)18(21(25)26)17(11-14)20(22-3)23-27-12(2)13-8-6-5-7-9-13/h5-9,12,14-16H,4,10-11H2,1-3H3,(H,22,23)(H,25,26)/t12?,14?,15-,16?/m0/s1. The van der Waals surface area contributed by atoms with Crippen LogP contribution in [0.5, 0.6) is 0 Å². The number of nitrogens with zero attached hydrogens (tertiary/aromatic N) is 1. The van der Waals surface area contributed by atoms with Gasteiger partial charge in [0.1, 0.15) is 17.7 Å². The maximum absolute atomic E-state index is 12.7. The minimum absolute atomic E-state index is 0.0592. The number of benzene rings is 1. The molecule has 3 rings (SSSR count). The highest BCUT2D eigenvalue weighted by Crippen LogP contribution is 2.47. The van der Waals surface area contributed by atoms with Crippen molar-refractivity contribution in [2.75, 3.05) is 7.05 Å². The van der Waals surface area contributed by atoms with Crippen LogP contribution in [0, 0.1) is 17.8 Å². The maximum atomic E-state index is 12.7. The van der Waals surface area contributed by atoms with E-state index in [1.54, 1.807) is 7.05 Å². The second-order valence-electron chi connectivity index (χ2n) is 7.21. The highest BCUT2D eigenvalue weighted by molar-refractivity contribution is 6.09. The van der Waals surface area contributed by atoms with Crippen LogP contribution in [0.1, 0.15) is 44.8 Å². The molecule has 0 heterocycles. The van der Waals surface area contributed by atoms with Crippen molar-refractivity contribution >= 4 is 17.6 Å². The molecule has 0 radical (unpaired) electrons. The van der Waals surface area contributed by atoms with Gasteiger partial charge in [-0.3, -0.25) is 14.6 Å². The normalized spacial score (nSPS) is 26.3. The first-order valence-corrected chi connectivity index (χ1v) is 9.41. The number of aliphatic imine (C=N–C) groups is 1. The lowest BCUT2D eigenvalue weighted by molar-refractivity contribution is -0.135. The molecular weight excluding hydrogens is 344 g/mol. The number of carboxylic acid groups (broad SMARTS) is 1. The molecule has 0 spiro atoms. The maximum Gasteiger partial charge on any atom is 0.332 e. The van der Waals surface area contributed by atoms with Crippen molar-refractivity contribution in [3.05, 3.63) is 47.0 Å². The van der Waals surface area contributed by atoms with Gasteiger partial charge in [-0.25, -0.2) is 10.3 Å². The molecule has 2 N–H and O–H groups in total. The molecule has 0 aliphatic heterocycles. The van der Waals surface area contributed by atoms with E-state index in [9.17, 15) is 14.7 Å². The summed E-state index contributed by atoms with van der Waals surface area (Å²) in [5.74, 6) is -1.01. The number of fused-ring (bicyclic) bond motifs is 2. The lowest BCUT2D eigenvalue weighted by Gasteiger charge is -2.26. The van der Waals surface area contributed by atoms with E-state index in [4.69, 9.17) is 4.84 Å². The SMILES string of the molecule is CC[C@@H]1C(=O)C2CC1CC(C(=NC)NOC(C)c1ccccc1)=C2C(=O)O. The van der Waals surface area contributed by atoms with Gasteiger partial charge >= 0.3 is 5.97 Å². The van der Waals surface area contributed by atoms with E-state index in [0.717, 1.165) is 12.0 Å². The third-order valence-corrected chi connectivity index (χ3v) is 5.74. The predicted octanol–water partition coefficient (Wildman–Crippen LogP) is 3.31. The molecule has 2 aliphatic rings. The van der Waals surface area contributed by atoms with Gasteiger partial charge in [-0.1, -0.05) is 37.3 Å². The molecule has 4 atom stereocenters. The summed E-state index contributed by atoms with van der Waals surface area (Å²) < 4.78 is 0. The fourth-order valence-corrected chi connectivity index (χ4v) is 4.36. The molecule has 3 unspecified atom stereocenters. The highest BCUT2D eigenvalue weighted by Gasteiger charge is 2.49. The lowest BCUT2D eigenvalue weighted by atomic mass is 9.81. The van der Waals surface area contributed by atoms with Crippen molar-refractivity contribution in [2.45, 2.75) is 39.2 Å². The Balaban J connectivity index is 1.83. The van der Waals surface area contributed by atoms with Gasteiger partial charge in [0.2, 0.25) is 0 Å². The first-order valence-electron chi connectivity index (χ1n) is 9.41. The molecular formula is C21H26N2O4. The van der Waals surface area contributed by atoms with Crippen molar-refractivity contribution in [3.63, 3.8) is 0 Å². The summed E-state index contributed by atoms with van der Waals surface area (Å²) in [6.07, 6.45) is 1.67. The van der Waals surface area contributed by atoms with Crippen LogP contribution in [0.15, 0.2) is 46.5 Å². The number of carbonyl (C=O) groups excluding carboxylic acids is 1. The molecule has 27 heavy (non-hydrogen) atoms. The Bertz CT molecular complexity index is 785. The first kappa shape index (κ1) is 19.3. The van der Waals surface area contributed by atoms with Gasteiger partial charge < -0.3 is 5.11 Å². The van der Waals surface area contributed by atoms with Crippen molar-refractivity contribution in [1.82, 2.24) is 5.48 Å². The molecule has 1 fully saturated rings. The second-order valence-corrected chi connectivity index (χ2v) is 7.21. The van der Waals surface area contributed by atoms with E-state index in [1.807, 2.05) is 44.2 Å². The number of amidine groups is 1. The summed E-state index contributed by atoms with van der Waals surface area (Å²) in [5.41, 5.74) is 4.62. The summed E-state index contributed by atoms with van der Waals surface area (Å²) >= 11 is 0. The average Bonchev–Trinajstić information content (AvgIpc) is 2.92. The Morgan fingerprint density at radius 2 is 2.07 bits per heavy atom. The number of hydroxylamine groups is 1. The number of nitrogens with one attached hydrogen (secondary N) is 1. The summed E-state index contributed by atoms with van der Waals surface area (Å²) in [6.45, 7) is 3.89. The fraction of sp³-hybridized carbons (Fsp3) is 0.476. The molecule has 0 aromatic heterocycles. The summed E-state index contributed by atoms with van der Waals surface area (Å²) in [7, 11) is 1.60. The molecule has 1 aromatic rings. The van der Waals surface area contributed by atoms with Gasteiger partial charge in [0, 0.05) is 18.5 Å². The first-order chi connectivity index (χ1) is 13.0. The van der Waals surface area contributed by atoms with E-state index < -0.39 is 11.9 Å². The van der Waals surface area contributed by atoms with Crippen LogP contribution in [0.3, 0.4) is 0 Å². The summed E-state index contributed by atoms with van der Waals surface area (Å²) in [4.78, 5) is 34.6. The third-order valence-electron chi connectivity index (χ3n) is 5.74. The quantitative estimate of drug-likeness (QED) is 0.456. The lowest BCUT2D eigenvalue weighted by Crippen LogP contribution is -2.32. The number of ketones is 1. The van der Waals surface area contributed by atoms with Crippen molar-refractivity contribution in [2.24, 2.45) is 22.7 Å². The second kappa shape index (κ2) is 8.05. The van der Waals surface area contributed by atoms with E-state index >= 15 is 0 Å². The molecule has 1 aromatic carbocycles. The van der Waals surface area contributed by atoms with E-state index in [1.165, 1.54) is 0 Å². The smallest absolute Gasteiger partial charge is 0.332 e. The van der Waals surface area contributed by atoms with Gasteiger partial charge in [-0.05, 0) is 37.7 Å². The van der Waals surface area contributed by atoms with Gasteiger partial charge in [-0.2, -0.15) is 0 Å². The number of hydrogen-bond donors (Lipinski definition) is 2. The number of carbonyl (C=O) groups is 2. The van der Waals surface area contributed by atoms with Crippen molar-refractivity contribution in [1.29, 1.82) is 0 Å². The minimum Gasteiger partial charge on any atom is -0.478 e. The Morgan fingerprint density at radius 3 is 2.67 bits per heavy atom. The van der Waals surface area contributed by atoms with Gasteiger partial charge in [0.25, 0.3) is 0 Å².